The summed E-state index contributed by atoms with van der Waals surface area (Å²) in [6.45, 7) is 2.17. The van der Waals surface area contributed by atoms with Crippen molar-refractivity contribution < 1.29 is 0 Å². The van der Waals surface area contributed by atoms with Crippen LogP contribution >= 0.6 is 0 Å². The van der Waals surface area contributed by atoms with Crippen LogP contribution in [0.2, 0.25) is 0 Å². The van der Waals surface area contributed by atoms with Gasteiger partial charge in [-0.15, -0.1) is 0 Å². The van der Waals surface area contributed by atoms with Crippen molar-refractivity contribution in [3.05, 3.63) is 71.8 Å². The van der Waals surface area contributed by atoms with E-state index in [-0.39, 0.29) is 0 Å². The molecule has 0 atom stereocenters. The zero-order valence-electron chi connectivity index (χ0n) is 11.4. The van der Waals surface area contributed by atoms with Gasteiger partial charge in [0.25, 0.3) is 0 Å². The average Bonchev–Trinajstić information content (AvgIpc) is 2.54. The van der Waals surface area contributed by atoms with Crippen molar-refractivity contribution in [3.63, 3.8) is 0 Å². The van der Waals surface area contributed by atoms with Crippen LogP contribution in [0, 0.1) is 11.3 Å². The predicted molar refractivity (Wildman–Crippen MR) is 83.5 cm³/mol. The molecule has 0 fully saturated rings. The normalized spacial score (nSPS) is 10.4. The molecule has 3 aromatic rings. The fourth-order valence-electron chi connectivity index (χ4n) is 2.53. The molecule has 0 amide bonds. The van der Waals surface area contributed by atoms with E-state index in [2.05, 4.69) is 49.4 Å². The van der Waals surface area contributed by atoms with Crippen molar-refractivity contribution in [1.29, 1.82) is 5.26 Å². The molecule has 0 aliphatic rings. The van der Waals surface area contributed by atoms with Gasteiger partial charge in [-0.2, -0.15) is 5.26 Å². The van der Waals surface area contributed by atoms with Crippen molar-refractivity contribution >= 4 is 10.8 Å². The lowest BCUT2D eigenvalue weighted by molar-refractivity contribution is 1.15. The summed E-state index contributed by atoms with van der Waals surface area (Å²) in [5.41, 5.74) is 4.42. The first-order chi connectivity index (χ1) is 9.81. The number of nitriles is 1. The Morgan fingerprint density at radius 2 is 1.75 bits per heavy atom. The topological polar surface area (TPSA) is 23.8 Å². The molecule has 20 heavy (non-hydrogen) atoms. The van der Waals surface area contributed by atoms with E-state index in [0.29, 0.717) is 5.56 Å². The molecule has 0 aliphatic carbocycles. The minimum Gasteiger partial charge on any atom is -0.192 e. The molecule has 0 saturated carbocycles. The van der Waals surface area contributed by atoms with Crippen LogP contribution in [-0.2, 0) is 6.42 Å². The minimum atomic E-state index is 0.697. The Labute approximate surface area is 119 Å². The van der Waals surface area contributed by atoms with Gasteiger partial charge >= 0.3 is 0 Å². The molecular weight excluding hydrogens is 242 g/mol. The van der Waals surface area contributed by atoms with Gasteiger partial charge in [0, 0.05) is 0 Å². The van der Waals surface area contributed by atoms with Gasteiger partial charge in [0.1, 0.15) is 0 Å². The predicted octanol–water partition coefficient (Wildman–Crippen LogP) is 4.94. The van der Waals surface area contributed by atoms with Crippen LogP contribution < -0.4 is 0 Å². The van der Waals surface area contributed by atoms with Crippen LogP contribution in [0.1, 0.15) is 18.1 Å². The van der Waals surface area contributed by atoms with Gasteiger partial charge in [0.05, 0.1) is 11.6 Å². The smallest absolute Gasteiger partial charge is 0.0991 e. The van der Waals surface area contributed by atoms with E-state index in [1.807, 2.05) is 24.3 Å². The summed E-state index contributed by atoms with van der Waals surface area (Å²) in [7, 11) is 0. The number of fused-ring (bicyclic) bond motifs is 1. The molecule has 1 heteroatoms. The van der Waals surface area contributed by atoms with E-state index < -0.39 is 0 Å². The number of aryl methyl sites for hydroxylation is 1. The van der Waals surface area contributed by atoms with Crippen LogP contribution in [0.5, 0.6) is 0 Å². The zero-order chi connectivity index (χ0) is 13.9. The van der Waals surface area contributed by atoms with Crippen LogP contribution in [-0.4, -0.2) is 0 Å². The van der Waals surface area contributed by atoms with Gasteiger partial charge in [-0.3, -0.25) is 0 Å². The van der Waals surface area contributed by atoms with Gasteiger partial charge < -0.3 is 0 Å². The fourth-order valence-corrected chi connectivity index (χ4v) is 2.53. The van der Waals surface area contributed by atoms with Crippen LogP contribution in [0.15, 0.2) is 60.7 Å². The second kappa shape index (κ2) is 5.19. The summed E-state index contributed by atoms with van der Waals surface area (Å²) < 4.78 is 0. The highest BCUT2D eigenvalue weighted by molar-refractivity contribution is 5.97. The number of hydrogen-bond donors (Lipinski definition) is 0. The van der Waals surface area contributed by atoms with E-state index in [0.717, 1.165) is 12.0 Å². The van der Waals surface area contributed by atoms with E-state index >= 15 is 0 Å². The number of benzene rings is 3. The molecule has 0 radical (unpaired) electrons. The SMILES string of the molecule is CCc1ccc2c(-c3ccc(C#N)cc3)cccc2c1. The standard InChI is InChI=1S/C19H15N/c1-2-14-8-11-19-17(12-14)4-3-5-18(19)16-9-6-15(13-20)7-10-16/h3-12H,2H2,1H3. The Bertz CT molecular complexity index is 792. The van der Waals surface area contributed by atoms with Gasteiger partial charge in [0.15, 0.2) is 0 Å². The quantitative estimate of drug-likeness (QED) is 0.637. The monoisotopic (exact) mass is 257 g/mol. The maximum atomic E-state index is 8.88. The zero-order valence-corrected chi connectivity index (χ0v) is 11.4. The molecule has 3 rings (SSSR count). The number of rotatable bonds is 2. The molecule has 0 unspecified atom stereocenters. The lowest BCUT2D eigenvalue weighted by atomic mass is 9.96. The Kier molecular flexibility index (Phi) is 3.23. The highest BCUT2D eigenvalue weighted by atomic mass is 14.2. The van der Waals surface area contributed by atoms with Gasteiger partial charge in [0.2, 0.25) is 0 Å². The van der Waals surface area contributed by atoms with Gasteiger partial charge in [-0.25, -0.2) is 0 Å². The third-order valence-corrected chi connectivity index (χ3v) is 3.68. The fraction of sp³-hybridized carbons (Fsp3) is 0.105. The summed E-state index contributed by atoms with van der Waals surface area (Å²) in [6, 6.07) is 22.9. The molecule has 0 heterocycles. The largest absolute Gasteiger partial charge is 0.192 e. The summed E-state index contributed by atoms with van der Waals surface area (Å²) in [4.78, 5) is 0. The lowest BCUT2D eigenvalue weighted by Crippen LogP contribution is -1.85. The first kappa shape index (κ1) is 12.4. The first-order valence-corrected chi connectivity index (χ1v) is 6.84. The maximum absolute atomic E-state index is 8.88. The summed E-state index contributed by atoms with van der Waals surface area (Å²) in [6.07, 6.45) is 1.05. The molecule has 0 aromatic heterocycles. The summed E-state index contributed by atoms with van der Waals surface area (Å²) >= 11 is 0. The molecule has 96 valence electrons. The average molecular weight is 257 g/mol. The summed E-state index contributed by atoms with van der Waals surface area (Å²) in [5, 5.41) is 11.4. The van der Waals surface area contributed by atoms with Crippen LogP contribution in [0.4, 0.5) is 0 Å². The maximum Gasteiger partial charge on any atom is 0.0991 e. The Balaban J connectivity index is 2.18. The Hall–Kier alpha value is -2.59. The van der Waals surface area contributed by atoms with E-state index in [9.17, 15) is 0 Å². The van der Waals surface area contributed by atoms with Crippen molar-refractivity contribution in [3.8, 4) is 17.2 Å². The highest BCUT2D eigenvalue weighted by Gasteiger charge is 2.04. The lowest BCUT2D eigenvalue weighted by Gasteiger charge is -2.08. The Morgan fingerprint density at radius 3 is 2.45 bits per heavy atom. The molecule has 0 aliphatic heterocycles. The van der Waals surface area contributed by atoms with Crippen molar-refractivity contribution in [2.24, 2.45) is 0 Å². The molecule has 0 bridgehead atoms. The minimum absolute atomic E-state index is 0.697. The molecular formula is C19H15N. The van der Waals surface area contributed by atoms with Crippen molar-refractivity contribution in [2.45, 2.75) is 13.3 Å². The second-order valence-electron chi connectivity index (χ2n) is 4.90. The molecule has 0 spiro atoms. The molecule has 3 aromatic carbocycles. The molecule has 1 nitrogen and oxygen atoms in total. The van der Waals surface area contributed by atoms with E-state index in [4.69, 9.17) is 5.26 Å². The van der Waals surface area contributed by atoms with Gasteiger partial charge in [-0.05, 0) is 46.0 Å². The van der Waals surface area contributed by atoms with E-state index in [1.165, 1.54) is 21.9 Å². The second-order valence-corrected chi connectivity index (χ2v) is 4.90. The van der Waals surface area contributed by atoms with Crippen molar-refractivity contribution in [1.82, 2.24) is 0 Å². The third kappa shape index (κ3) is 2.17. The molecule has 0 N–H and O–H groups in total. The molecule has 0 saturated heterocycles. The van der Waals surface area contributed by atoms with Gasteiger partial charge in [-0.1, -0.05) is 55.5 Å². The number of hydrogen-bond acceptors (Lipinski definition) is 1. The summed E-state index contributed by atoms with van der Waals surface area (Å²) in [5.74, 6) is 0. The van der Waals surface area contributed by atoms with Crippen LogP contribution in [0.3, 0.4) is 0 Å². The third-order valence-electron chi connectivity index (χ3n) is 3.68. The first-order valence-electron chi connectivity index (χ1n) is 6.84. The highest BCUT2D eigenvalue weighted by Crippen LogP contribution is 2.29. The number of nitrogens with zero attached hydrogens (tertiary/aromatic N) is 1. The van der Waals surface area contributed by atoms with Crippen molar-refractivity contribution in [2.75, 3.05) is 0 Å². The Morgan fingerprint density at radius 1 is 0.950 bits per heavy atom. The van der Waals surface area contributed by atoms with Crippen LogP contribution in [0.25, 0.3) is 21.9 Å². The van der Waals surface area contributed by atoms with E-state index in [1.54, 1.807) is 0 Å².